The summed E-state index contributed by atoms with van der Waals surface area (Å²) < 4.78 is 0. The topological polar surface area (TPSA) is 118 Å². The first-order valence-electron chi connectivity index (χ1n) is 12.1. The summed E-state index contributed by atoms with van der Waals surface area (Å²) in [5.41, 5.74) is 6.54. The molecule has 0 aromatic heterocycles. The van der Waals surface area contributed by atoms with E-state index in [2.05, 4.69) is 33.8 Å². The lowest BCUT2D eigenvalue weighted by Gasteiger charge is -2.26. The molecule has 4 aromatic rings. The highest BCUT2D eigenvalue weighted by molar-refractivity contribution is 5.54. The quantitative estimate of drug-likeness (QED) is 0.178. The summed E-state index contributed by atoms with van der Waals surface area (Å²) in [7, 11) is 0. The fourth-order valence-corrected chi connectivity index (χ4v) is 3.90. The van der Waals surface area contributed by atoms with Crippen LogP contribution in [0.5, 0.6) is 0 Å². The average Bonchev–Trinajstić information content (AvgIpc) is 2.97. The minimum atomic E-state index is -0.215. The minimum absolute atomic E-state index is 0.215. The Hall–Kier alpha value is -5.60. The van der Waals surface area contributed by atoms with Gasteiger partial charge in [-0.25, -0.2) is 19.2 Å². The van der Waals surface area contributed by atoms with Gasteiger partial charge in [0.2, 0.25) is 24.3 Å². The Morgan fingerprint density at radius 1 is 0.450 bits per heavy atom. The molecule has 0 heterocycles. The molecule has 0 saturated carbocycles. The van der Waals surface area contributed by atoms with Crippen molar-refractivity contribution in [2.24, 2.45) is 20.0 Å². The maximum atomic E-state index is 10.2. The first kappa shape index (κ1) is 29.0. The van der Waals surface area contributed by atoms with Crippen molar-refractivity contribution in [2.45, 2.75) is 25.7 Å². The van der Waals surface area contributed by atoms with E-state index in [4.69, 9.17) is 0 Å². The van der Waals surface area contributed by atoms with Gasteiger partial charge in [-0.3, -0.25) is 0 Å². The van der Waals surface area contributed by atoms with Gasteiger partial charge in [0.15, 0.2) is 0 Å². The molecule has 0 unspecified atom stereocenters. The summed E-state index contributed by atoms with van der Waals surface area (Å²) in [6, 6.07) is 29.6. The Bertz CT molecular complexity index is 1490. The van der Waals surface area contributed by atoms with Crippen LogP contribution in [0.2, 0.25) is 0 Å². The van der Waals surface area contributed by atoms with E-state index in [9.17, 15) is 19.2 Å². The summed E-state index contributed by atoms with van der Waals surface area (Å²) in [5, 5.41) is 0. The second-order valence-electron chi connectivity index (χ2n) is 9.04. The maximum Gasteiger partial charge on any atom is 0.240 e. The fourth-order valence-electron chi connectivity index (χ4n) is 3.90. The molecule has 0 radical (unpaired) electrons. The molecule has 196 valence electrons. The van der Waals surface area contributed by atoms with E-state index in [1.54, 1.807) is 48.5 Å². The number of benzene rings is 4. The van der Waals surface area contributed by atoms with E-state index in [1.165, 1.54) is 24.3 Å². The number of isocyanates is 4. The molecule has 0 fully saturated rings. The van der Waals surface area contributed by atoms with Crippen LogP contribution in [0.25, 0.3) is 0 Å². The lowest BCUT2D eigenvalue weighted by molar-refractivity contribution is 0.564. The first-order chi connectivity index (χ1) is 19.4. The zero-order chi connectivity index (χ0) is 28.8. The lowest BCUT2D eigenvalue weighted by Crippen LogP contribution is -2.18. The normalized spacial score (nSPS) is 9.85. The molecule has 0 amide bonds. The second kappa shape index (κ2) is 14.4. The van der Waals surface area contributed by atoms with Crippen molar-refractivity contribution in [3.8, 4) is 0 Å². The van der Waals surface area contributed by atoms with E-state index in [0.29, 0.717) is 22.7 Å². The maximum absolute atomic E-state index is 10.2. The van der Waals surface area contributed by atoms with Gasteiger partial charge in [0, 0.05) is 5.41 Å². The average molecular weight is 529 g/mol. The third-order valence-corrected chi connectivity index (χ3v) is 6.16. The number of aliphatic imine (C=N–C) groups is 4. The Labute approximate surface area is 231 Å². The van der Waals surface area contributed by atoms with Crippen LogP contribution in [0, 0.1) is 0 Å². The molecular formula is C32H24N4O4. The smallest absolute Gasteiger partial charge is 0.211 e. The molecule has 8 nitrogen and oxygen atoms in total. The standard InChI is InChI=1S/C17H14N2O2.C15H10N2O2/c1-17(2,13-3-7-15(8-4-13)18-11-20)14-5-9-16(10-6-14)19-12-21;18-10-16-14-5-1-12(2-6-14)9-13-3-7-15(8-4-13)17-11-19/h3-10H,1-2H3;1-8H,9H2. The number of hydrogen-bond acceptors (Lipinski definition) is 8. The molecule has 0 bridgehead atoms. The predicted molar refractivity (Wildman–Crippen MR) is 152 cm³/mol. The Balaban J connectivity index is 0.000000222. The van der Waals surface area contributed by atoms with Crippen molar-refractivity contribution in [2.75, 3.05) is 0 Å². The molecule has 0 atom stereocenters. The van der Waals surface area contributed by atoms with Gasteiger partial charge in [-0.1, -0.05) is 62.4 Å². The van der Waals surface area contributed by atoms with Gasteiger partial charge in [0.05, 0.1) is 22.7 Å². The van der Waals surface area contributed by atoms with Crippen molar-refractivity contribution in [1.82, 2.24) is 0 Å². The first-order valence-corrected chi connectivity index (χ1v) is 12.1. The summed E-state index contributed by atoms with van der Waals surface area (Å²) >= 11 is 0. The van der Waals surface area contributed by atoms with Crippen LogP contribution in [0.15, 0.2) is 117 Å². The molecule has 4 aromatic carbocycles. The third kappa shape index (κ3) is 8.20. The van der Waals surface area contributed by atoms with Gasteiger partial charge < -0.3 is 0 Å². The Morgan fingerprint density at radius 3 is 0.950 bits per heavy atom. The van der Waals surface area contributed by atoms with Gasteiger partial charge in [0.1, 0.15) is 0 Å². The van der Waals surface area contributed by atoms with E-state index in [0.717, 1.165) is 28.7 Å². The van der Waals surface area contributed by atoms with Gasteiger partial charge >= 0.3 is 0 Å². The molecule has 0 saturated heterocycles. The van der Waals surface area contributed by atoms with Gasteiger partial charge in [-0.05, 0) is 77.2 Å². The van der Waals surface area contributed by atoms with Gasteiger partial charge in [-0.15, -0.1) is 0 Å². The SMILES string of the molecule is CC(C)(c1ccc(N=C=O)cc1)c1ccc(N=C=O)cc1.O=C=Nc1ccc(Cc2ccc(N=C=O)cc2)cc1. The number of hydrogen-bond donors (Lipinski definition) is 0. The van der Waals surface area contributed by atoms with Crippen LogP contribution in [0.4, 0.5) is 22.7 Å². The molecule has 0 N–H and O–H groups in total. The van der Waals surface area contributed by atoms with Crippen molar-refractivity contribution in [3.05, 3.63) is 119 Å². The highest BCUT2D eigenvalue weighted by Gasteiger charge is 2.22. The van der Waals surface area contributed by atoms with Crippen LogP contribution in [-0.4, -0.2) is 24.3 Å². The molecule has 0 aliphatic rings. The van der Waals surface area contributed by atoms with Crippen molar-refractivity contribution >= 4 is 47.1 Å². The van der Waals surface area contributed by atoms with Gasteiger partial charge in [-0.2, -0.15) is 20.0 Å². The van der Waals surface area contributed by atoms with Gasteiger partial charge in [0.25, 0.3) is 0 Å². The number of rotatable bonds is 8. The van der Waals surface area contributed by atoms with Crippen molar-refractivity contribution in [3.63, 3.8) is 0 Å². The summed E-state index contributed by atoms with van der Waals surface area (Å²) in [6.07, 6.45) is 6.82. The highest BCUT2D eigenvalue weighted by Crippen LogP contribution is 2.33. The van der Waals surface area contributed by atoms with E-state index >= 15 is 0 Å². The van der Waals surface area contributed by atoms with Crippen LogP contribution >= 0.6 is 0 Å². The predicted octanol–water partition coefficient (Wildman–Crippen LogP) is 7.16. The molecule has 40 heavy (non-hydrogen) atoms. The molecule has 8 heteroatoms. The van der Waals surface area contributed by atoms with Crippen LogP contribution in [0.1, 0.15) is 36.1 Å². The number of nitrogens with zero attached hydrogens (tertiary/aromatic N) is 4. The monoisotopic (exact) mass is 528 g/mol. The van der Waals surface area contributed by atoms with E-state index < -0.39 is 0 Å². The third-order valence-electron chi connectivity index (χ3n) is 6.16. The van der Waals surface area contributed by atoms with E-state index in [1.807, 2.05) is 48.5 Å². The fraction of sp³-hybridized carbons (Fsp3) is 0.125. The zero-order valence-corrected chi connectivity index (χ0v) is 21.9. The largest absolute Gasteiger partial charge is 0.240 e. The Morgan fingerprint density at radius 2 is 0.700 bits per heavy atom. The van der Waals surface area contributed by atoms with Crippen LogP contribution < -0.4 is 0 Å². The van der Waals surface area contributed by atoms with Crippen molar-refractivity contribution < 1.29 is 19.2 Å². The van der Waals surface area contributed by atoms with Crippen molar-refractivity contribution in [1.29, 1.82) is 0 Å². The Kier molecular flexibility index (Phi) is 10.4. The summed E-state index contributed by atoms with van der Waals surface area (Å²) in [6.45, 7) is 4.20. The van der Waals surface area contributed by atoms with Crippen LogP contribution in [0.3, 0.4) is 0 Å². The summed E-state index contributed by atoms with van der Waals surface area (Å²) in [5.74, 6) is 0. The van der Waals surface area contributed by atoms with Crippen LogP contribution in [-0.2, 0) is 31.0 Å². The number of carbonyl (C=O) groups excluding carboxylic acids is 4. The highest BCUT2D eigenvalue weighted by atomic mass is 16.1. The minimum Gasteiger partial charge on any atom is -0.211 e. The lowest BCUT2D eigenvalue weighted by atomic mass is 9.78. The molecule has 0 aliphatic heterocycles. The molecule has 0 aliphatic carbocycles. The zero-order valence-electron chi connectivity index (χ0n) is 21.9. The molecular weight excluding hydrogens is 504 g/mol. The molecule has 0 spiro atoms. The molecule has 4 rings (SSSR count). The summed E-state index contributed by atoms with van der Waals surface area (Å²) in [4.78, 5) is 54.9. The second-order valence-corrected chi connectivity index (χ2v) is 9.04. The van der Waals surface area contributed by atoms with E-state index in [-0.39, 0.29) is 5.41 Å².